The van der Waals surface area contributed by atoms with Gasteiger partial charge in [-0.2, -0.15) is 12.6 Å². The van der Waals surface area contributed by atoms with E-state index in [1.807, 2.05) is 0 Å². The quantitative estimate of drug-likeness (QED) is 0.671. The fraction of sp³-hybridized carbons (Fsp3) is 0.667. The highest BCUT2D eigenvalue weighted by atomic mass is 32.1. The van der Waals surface area contributed by atoms with Crippen molar-refractivity contribution in [2.24, 2.45) is 0 Å². The lowest BCUT2D eigenvalue weighted by Gasteiger charge is -1.99. The zero-order valence-corrected chi connectivity index (χ0v) is 7.73. The molecule has 64 valence electrons. The van der Waals surface area contributed by atoms with Crippen LogP contribution in [0.15, 0.2) is 4.52 Å². The summed E-state index contributed by atoms with van der Waals surface area (Å²) in [4.78, 5) is 0. The van der Waals surface area contributed by atoms with Gasteiger partial charge in [0.25, 0.3) is 0 Å². The molecule has 1 fully saturated rings. The van der Waals surface area contributed by atoms with E-state index in [1.54, 1.807) is 0 Å². The first-order valence-electron chi connectivity index (χ1n) is 4.44. The third-order valence-electron chi connectivity index (χ3n) is 3.21. The van der Waals surface area contributed by atoms with Gasteiger partial charge in [-0.3, -0.25) is 0 Å². The van der Waals surface area contributed by atoms with Gasteiger partial charge >= 0.3 is 0 Å². The van der Waals surface area contributed by atoms with Crippen LogP contribution in [0.2, 0.25) is 0 Å². The molecule has 2 aliphatic rings. The van der Waals surface area contributed by atoms with E-state index < -0.39 is 0 Å². The van der Waals surface area contributed by atoms with Crippen molar-refractivity contribution >= 4 is 12.6 Å². The summed E-state index contributed by atoms with van der Waals surface area (Å²) in [5.41, 5.74) is 2.86. The van der Waals surface area contributed by atoms with E-state index in [0.29, 0.717) is 5.41 Å². The van der Waals surface area contributed by atoms with Crippen molar-refractivity contribution in [3.05, 3.63) is 17.0 Å². The Morgan fingerprint density at radius 1 is 1.42 bits per heavy atom. The molecule has 0 N–H and O–H groups in total. The molecule has 3 heteroatoms. The van der Waals surface area contributed by atoms with E-state index >= 15 is 0 Å². The Bertz CT molecular complexity index is 327. The normalized spacial score (nSPS) is 23.1. The minimum Gasteiger partial charge on any atom is -0.360 e. The summed E-state index contributed by atoms with van der Waals surface area (Å²) in [6.07, 6.45) is 5.06. The third-order valence-corrected chi connectivity index (χ3v) is 3.51. The number of nitrogens with zero attached hydrogens (tertiary/aromatic N) is 1. The van der Waals surface area contributed by atoms with Crippen molar-refractivity contribution in [2.45, 2.75) is 36.9 Å². The summed E-state index contributed by atoms with van der Waals surface area (Å²) in [6.45, 7) is 0. The molecule has 0 radical (unpaired) electrons. The van der Waals surface area contributed by atoms with Gasteiger partial charge in [-0.25, -0.2) is 0 Å². The van der Waals surface area contributed by atoms with E-state index in [4.69, 9.17) is 4.52 Å². The molecule has 2 nitrogen and oxygen atoms in total. The molecular formula is C9H11NOS. The van der Waals surface area contributed by atoms with Gasteiger partial charge in [0.1, 0.15) is 5.76 Å². The van der Waals surface area contributed by atoms with Gasteiger partial charge in [0.15, 0.2) is 0 Å². The molecule has 1 aromatic rings. The third kappa shape index (κ3) is 0.703. The summed E-state index contributed by atoms with van der Waals surface area (Å²) in [5, 5.41) is 4.04. The van der Waals surface area contributed by atoms with Crippen LogP contribution in [0.1, 0.15) is 36.3 Å². The molecule has 0 bridgehead atoms. The first-order chi connectivity index (χ1) is 5.86. The Balaban J connectivity index is 2.13. The summed E-state index contributed by atoms with van der Waals surface area (Å²) >= 11 is 4.23. The lowest BCUT2D eigenvalue weighted by atomic mass is 10.1. The molecule has 1 aromatic heterocycles. The van der Waals surface area contributed by atoms with Gasteiger partial charge < -0.3 is 4.52 Å². The number of hydrogen-bond acceptors (Lipinski definition) is 3. The van der Waals surface area contributed by atoms with Crippen molar-refractivity contribution in [1.29, 1.82) is 0 Å². The summed E-state index contributed by atoms with van der Waals surface area (Å²) in [7, 11) is 0. The van der Waals surface area contributed by atoms with Gasteiger partial charge in [0.05, 0.1) is 5.69 Å². The van der Waals surface area contributed by atoms with Crippen LogP contribution in [0.25, 0.3) is 0 Å². The zero-order chi connectivity index (χ0) is 8.18. The molecule has 1 heterocycles. The Kier molecular flexibility index (Phi) is 1.21. The maximum absolute atomic E-state index is 5.38. The lowest BCUT2D eigenvalue weighted by Crippen LogP contribution is -1.97. The maximum Gasteiger partial charge on any atom is 0.146 e. The summed E-state index contributed by atoms with van der Waals surface area (Å²) < 4.78 is 5.38. The lowest BCUT2D eigenvalue weighted by molar-refractivity contribution is 0.352. The molecule has 3 rings (SSSR count). The average Bonchev–Trinajstić information content (AvgIpc) is 2.59. The van der Waals surface area contributed by atoms with Gasteiger partial charge in [0.2, 0.25) is 0 Å². The Morgan fingerprint density at radius 2 is 2.25 bits per heavy atom. The van der Waals surface area contributed by atoms with Crippen molar-refractivity contribution < 1.29 is 4.52 Å². The highest BCUT2D eigenvalue weighted by molar-refractivity contribution is 7.79. The van der Waals surface area contributed by atoms with Gasteiger partial charge in [-0.05, 0) is 25.7 Å². The highest BCUT2D eigenvalue weighted by Crippen LogP contribution is 2.57. The van der Waals surface area contributed by atoms with Gasteiger partial charge in [0, 0.05) is 16.7 Å². The van der Waals surface area contributed by atoms with E-state index in [1.165, 1.54) is 30.6 Å². The highest BCUT2D eigenvalue weighted by Gasteiger charge is 2.52. The van der Waals surface area contributed by atoms with Crippen LogP contribution in [0, 0.1) is 0 Å². The molecule has 0 unspecified atom stereocenters. The number of aromatic nitrogens is 1. The molecular weight excluding hydrogens is 170 g/mol. The van der Waals surface area contributed by atoms with E-state index in [0.717, 1.165) is 17.9 Å². The van der Waals surface area contributed by atoms with Crippen molar-refractivity contribution in [3.8, 4) is 0 Å². The number of fused-ring (bicyclic) bond motifs is 2. The van der Waals surface area contributed by atoms with E-state index in [-0.39, 0.29) is 0 Å². The largest absolute Gasteiger partial charge is 0.360 e. The fourth-order valence-electron chi connectivity index (χ4n) is 2.25. The smallest absolute Gasteiger partial charge is 0.146 e. The first-order valence-corrected chi connectivity index (χ1v) is 5.08. The second kappa shape index (κ2) is 2.08. The maximum atomic E-state index is 5.38. The van der Waals surface area contributed by atoms with Crippen LogP contribution in [-0.2, 0) is 17.6 Å². The molecule has 0 aliphatic heterocycles. The minimum atomic E-state index is 0.434. The number of rotatable bonds is 1. The van der Waals surface area contributed by atoms with Crippen LogP contribution in [-0.4, -0.2) is 5.16 Å². The Morgan fingerprint density at radius 3 is 2.92 bits per heavy atom. The topological polar surface area (TPSA) is 26.0 Å². The zero-order valence-electron chi connectivity index (χ0n) is 6.84. The number of hydrogen-bond donors (Lipinski definition) is 1. The molecule has 0 aromatic carbocycles. The predicted molar refractivity (Wildman–Crippen MR) is 48.4 cm³/mol. The van der Waals surface area contributed by atoms with Crippen molar-refractivity contribution in [3.63, 3.8) is 0 Å². The predicted octanol–water partition coefficient (Wildman–Crippen LogP) is 2.08. The number of thiol groups is 1. The van der Waals surface area contributed by atoms with Crippen LogP contribution < -0.4 is 0 Å². The first kappa shape index (κ1) is 7.01. The van der Waals surface area contributed by atoms with Gasteiger partial charge in [-0.1, -0.05) is 5.16 Å². The SMILES string of the molecule is SCc1noc2c1CCC21CC1. The van der Waals surface area contributed by atoms with Crippen molar-refractivity contribution in [1.82, 2.24) is 5.16 Å². The summed E-state index contributed by atoms with van der Waals surface area (Å²) in [6, 6.07) is 0. The van der Waals surface area contributed by atoms with E-state index in [9.17, 15) is 0 Å². The molecule has 1 saturated carbocycles. The Hall–Kier alpha value is -0.440. The monoisotopic (exact) mass is 181 g/mol. The standard InChI is InChI=1S/C9H11NOS/c12-5-7-6-1-2-9(3-4-9)8(6)11-10-7/h12H,1-5H2. The molecule has 12 heavy (non-hydrogen) atoms. The average molecular weight is 181 g/mol. The molecule has 0 saturated heterocycles. The molecule has 0 amide bonds. The molecule has 2 aliphatic carbocycles. The second-order valence-electron chi connectivity index (χ2n) is 3.88. The molecule has 1 spiro atoms. The second-order valence-corrected chi connectivity index (χ2v) is 4.19. The van der Waals surface area contributed by atoms with Crippen LogP contribution in [0.5, 0.6) is 0 Å². The Labute approximate surface area is 76.7 Å². The van der Waals surface area contributed by atoms with Crippen LogP contribution >= 0.6 is 12.6 Å². The summed E-state index contributed by atoms with van der Waals surface area (Å²) in [5.74, 6) is 1.90. The van der Waals surface area contributed by atoms with Crippen molar-refractivity contribution in [2.75, 3.05) is 0 Å². The van der Waals surface area contributed by atoms with Crippen LogP contribution in [0.3, 0.4) is 0 Å². The van der Waals surface area contributed by atoms with Gasteiger partial charge in [-0.15, -0.1) is 0 Å². The fourth-order valence-corrected chi connectivity index (χ4v) is 2.50. The molecule has 0 atom stereocenters. The van der Waals surface area contributed by atoms with E-state index in [2.05, 4.69) is 17.8 Å². The van der Waals surface area contributed by atoms with Crippen LogP contribution in [0.4, 0.5) is 0 Å². The minimum absolute atomic E-state index is 0.434.